The first-order chi connectivity index (χ1) is 19.4. The molecule has 0 radical (unpaired) electrons. The predicted octanol–water partition coefficient (Wildman–Crippen LogP) is 5.51. The number of hydrogen-bond donors (Lipinski definition) is 0. The van der Waals surface area contributed by atoms with Crippen LogP contribution in [0, 0.1) is 0 Å². The van der Waals surface area contributed by atoms with E-state index in [4.69, 9.17) is 22.1 Å². The van der Waals surface area contributed by atoms with E-state index in [0.29, 0.717) is 27.9 Å². The molecule has 7 nitrogen and oxygen atoms in total. The van der Waals surface area contributed by atoms with E-state index in [2.05, 4.69) is 0 Å². The number of carbonyl (C=O) groups excluding carboxylic acids is 1. The molecule has 0 unspecified atom stereocenters. The maximum Gasteiger partial charge on any atom is 0.266 e. The third kappa shape index (κ3) is 5.60. The number of nitrogens with zero attached hydrogens (tertiary/aromatic N) is 3. The number of ether oxygens (including phenoxy) is 1. The summed E-state index contributed by atoms with van der Waals surface area (Å²) in [6.07, 6.45) is 4.08. The minimum Gasteiger partial charge on any atom is -0.489 e. The summed E-state index contributed by atoms with van der Waals surface area (Å²) in [5, 5.41) is 4.86. The molecule has 2 aliphatic heterocycles. The van der Waals surface area contributed by atoms with Gasteiger partial charge in [0.1, 0.15) is 16.7 Å². The third-order valence-electron chi connectivity index (χ3n) is 6.82. The van der Waals surface area contributed by atoms with E-state index in [1.807, 2.05) is 91.1 Å². The minimum atomic E-state index is -3.16. The molecule has 3 heterocycles. The maximum absolute atomic E-state index is 13.4. The topological polar surface area (TPSA) is 81.5 Å². The Kier molecular flexibility index (Phi) is 7.31. The first-order valence-corrected chi connectivity index (χ1v) is 15.8. The Balaban J connectivity index is 1.30. The van der Waals surface area contributed by atoms with Crippen LogP contribution in [0.1, 0.15) is 17.5 Å². The molecule has 40 heavy (non-hydrogen) atoms. The molecule has 2 aliphatic rings. The Morgan fingerprint density at radius 2 is 1.70 bits per heavy atom. The average molecular weight is 588 g/mol. The summed E-state index contributed by atoms with van der Waals surface area (Å²) in [4.78, 5) is 15.3. The van der Waals surface area contributed by atoms with Crippen molar-refractivity contribution in [3.63, 3.8) is 0 Å². The third-order valence-corrected chi connectivity index (χ3v) is 9.90. The molecular weight excluding hydrogens is 563 g/mol. The van der Waals surface area contributed by atoms with Gasteiger partial charge in [0, 0.05) is 17.3 Å². The second-order valence-electron chi connectivity index (χ2n) is 9.62. The van der Waals surface area contributed by atoms with Gasteiger partial charge in [-0.25, -0.2) is 13.1 Å². The Bertz CT molecular complexity index is 1700. The van der Waals surface area contributed by atoms with Crippen molar-refractivity contribution in [2.75, 3.05) is 11.5 Å². The van der Waals surface area contributed by atoms with E-state index < -0.39 is 15.9 Å². The van der Waals surface area contributed by atoms with Gasteiger partial charge < -0.3 is 4.74 Å². The van der Waals surface area contributed by atoms with Crippen LogP contribution in [-0.2, 0) is 21.2 Å². The normalized spacial score (nSPS) is 19.4. The fourth-order valence-electron chi connectivity index (χ4n) is 4.80. The Labute approximate surface area is 242 Å². The first-order valence-electron chi connectivity index (χ1n) is 12.8. The SMILES string of the molecule is O=C1/C(=C\c2cn(-c3ccccc3)nc2-c2ccc(OCc3ccccc3)cc2)SC(=S)N1[C@H]1CCS(=O)(=O)C1. The zero-order valence-corrected chi connectivity index (χ0v) is 23.8. The lowest BCUT2D eigenvalue weighted by molar-refractivity contribution is -0.123. The average Bonchev–Trinajstić information content (AvgIpc) is 3.63. The van der Waals surface area contributed by atoms with Crippen molar-refractivity contribution >= 4 is 50.1 Å². The number of carbonyl (C=O) groups is 1. The van der Waals surface area contributed by atoms with E-state index in [1.165, 1.54) is 16.7 Å². The number of rotatable bonds is 7. The van der Waals surface area contributed by atoms with Gasteiger partial charge in [-0.1, -0.05) is 72.5 Å². The summed E-state index contributed by atoms with van der Waals surface area (Å²) in [6.45, 7) is 0.470. The second-order valence-corrected chi connectivity index (χ2v) is 13.5. The highest BCUT2D eigenvalue weighted by atomic mass is 32.2. The van der Waals surface area contributed by atoms with Crippen LogP contribution in [0.2, 0.25) is 0 Å². The summed E-state index contributed by atoms with van der Waals surface area (Å²) in [5.41, 5.74) is 4.29. The van der Waals surface area contributed by atoms with E-state index in [-0.39, 0.29) is 17.4 Å². The molecule has 4 aromatic rings. The number of thiocarbonyl (C=S) groups is 1. The lowest BCUT2D eigenvalue weighted by Gasteiger charge is -2.20. The van der Waals surface area contributed by atoms with E-state index in [0.717, 1.165) is 28.1 Å². The van der Waals surface area contributed by atoms with Gasteiger partial charge in [0.15, 0.2) is 9.84 Å². The van der Waals surface area contributed by atoms with Gasteiger partial charge in [0.05, 0.1) is 33.8 Å². The summed E-state index contributed by atoms with van der Waals surface area (Å²) < 4.78 is 32.2. The molecular formula is C30H25N3O4S3. The molecule has 0 spiro atoms. The standard InChI is InChI=1S/C30H25N3O4S3/c34-29-27(39-30(38)33(29)25-15-16-40(35,36)20-25)17-23-18-32(24-9-5-2-6-10-24)31-28(23)22-11-13-26(14-12-22)37-19-21-7-3-1-4-8-21/h1-14,17-18,25H,15-16,19-20H2/b27-17+/t25-/m0/s1. The van der Waals surface area contributed by atoms with Crippen LogP contribution in [0.4, 0.5) is 0 Å². The van der Waals surface area contributed by atoms with Crippen molar-refractivity contribution in [2.45, 2.75) is 19.1 Å². The van der Waals surface area contributed by atoms with Gasteiger partial charge in [0.25, 0.3) is 5.91 Å². The Hall–Kier alpha value is -3.73. The summed E-state index contributed by atoms with van der Waals surface area (Å²) in [7, 11) is -3.16. The number of aromatic nitrogens is 2. The predicted molar refractivity (Wildman–Crippen MR) is 162 cm³/mol. The number of sulfone groups is 1. The van der Waals surface area contributed by atoms with Crippen molar-refractivity contribution in [1.82, 2.24) is 14.7 Å². The monoisotopic (exact) mass is 587 g/mol. The molecule has 1 aromatic heterocycles. The van der Waals surface area contributed by atoms with Gasteiger partial charge in [-0.05, 0) is 54.5 Å². The highest BCUT2D eigenvalue weighted by Gasteiger charge is 2.42. The van der Waals surface area contributed by atoms with Crippen molar-refractivity contribution in [3.05, 3.63) is 107 Å². The molecule has 2 saturated heterocycles. The number of para-hydroxylation sites is 1. The molecule has 6 rings (SSSR count). The Morgan fingerprint density at radius 3 is 2.38 bits per heavy atom. The number of thioether (sulfide) groups is 1. The first kappa shape index (κ1) is 26.5. The molecule has 0 bridgehead atoms. The second kappa shape index (κ2) is 11.0. The summed E-state index contributed by atoms with van der Waals surface area (Å²) in [6, 6.07) is 27.0. The van der Waals surface area contributed by atoms with Crippen LogP contribution in [-0.4, -0.2) is 50.9 Å². The van der Waals surface area contributed by atoms with Crippen LogP contribution in [0.25, 0.3) is 23.0 Å². The lowest BCUT2D eigenvalue weighted by atomic mass is 10.1. The van der Waals surface area contributed by atoms with E-state index >= 15 is 0 Å². The zero-order chi connectivity index (χ0) is 27.7. The van der Waals surface area contributed by atoms with Crippen LogP contribution < -0.4 is 4.74 Å². The zero-order valence-electron chi connectivity index (χ0n) is 21.3. The van der Waals surface area contributed by atoms with Gasteiger partial charge in [-0.2, -0.15) is 5.10 Å². The van der Waals surface area contributed by atoms with Gasteiger partial charge in [-0.15, -0.1) is 0 Å². The van der Waals surface area contributed by atoms with Gasteiger partial charge in [0.2, 0.25) is 0 Å². The highest BCUT2D eigenvalue weighted by Crippen LogP contribution is 2.38. The summed E-state index contributed by atoms with van der Waals surface area (Å²) >= 11 is 6.70. The van der Waals surface area contributed by atoms with E-state index in [9.17, 15) is 13.2 Å². The molecule has 3 aromatic carbocycles. The van der Waals surface area contributed by atoms with Gasteiger partial charge in [-0.3, -0.25) is 9.69 Å². The Morgan fingerprint density at radius 1 is 1.00 bits per heavy atom. The van der Waals surface area contributed by atoms with Crippen molar-refractivity contribution < 1.29 is 17.9 Å². The van der Waals surface area contributed by atoms with Crippen LogP contribution >= 0.6 is 24.0 Å². The number of benzene rings is 3. The number of amides is 1. The molecule has 10 heteroatoms. The molecule has 0 saturated carbocycles. The van der Waals surface area contributed by atoms with Crippen molar-refractivity contribution in [3.8, 4) is 22.7 Å². The van der Waals surface area contributed by atoms with Crippen molar-refractivity contribution in [1.29, 1.82) is 0 Å². The molecule has 2 fully saturated rings. The molecule has 0 aliphatic carbocycles. The summed E-state index contributed by atoms with van der Waals surface area (Å²) in [5.74, 6) is 0.499. The maximum atomic E-state index is 13.4. The number of hydrogen-bond acceptors (Lipinski definition) is 7. The lowest BCUT2D eigenvalue weighted by Crippen LogP contribution is -2.39. The van der Waals surface area contributed by atoms with Crippen LogP contribution in [0.3, 0.4) is 0 Å². The molecule has 1 atom stereocenters. The minimum absolute atomic E-state index is 0.0530. The van der Waals surface area contributed by atoms with Crippen LogP contribution in [0.5, 0.6) is 5.75 Å². The smallest absolute Gasteiger partial charge is 0.266 e. The highest BCUT2D eigenvalue weighted by molar-refractivity contribution is 8.26. The van der Waals surface area contributed by atoms with E-state index in [1.54, 1.807) is 10.8 Å². The quantitative estimate of drug-likeness (QED) is 0.208. The van der Waals surface area contributed by atoms with Crippen LogP contribution in [0.15, 0.2) is 96.0 Å². The fourth-order valence-corrected chi connectivity index (χ4v) is 7.89. The van der Waals surface area contributed by atoms with Crippen molar-refractivity contribution in [2.24, 2.45) is 0 Å². The molecule has 0 N–H and O–H groups in total. The fraction of sp³-hybridized carbons (Fsp3) is 0.167. The largest absolute Gasteiger partial charge is 0.489 e. The molecule has 1 amide bonds. The molecule has 202 valence electrons. The van der Waals surface area contributed by atoms with Gasteiger partial charge >= 0.3 is 0 Å².